The Morgan fingerprint density at radius 3 is 2.83 bits per heavy atom. The number of amides is 3. The van der Waals surface area contributed by atoms with E-state index in [-0.39, 0.29) is 24.5 Å². The molecule has 7 nitrogen and oxygen atoms in total. The molecule has 2 N–H and O–H groups in total. The van der Waals surface area contributed by atoms with Gasteiger partial charge < -0.3 is 10.2 Å². The van der Waals surface area contributed by atoms with Gasteiger partial charge in [-0.25, -0.2) is 14.8 Å². The highest BCUT2D eigenvalue weighted by Crippen LogP contribution is 2.23. The van der Waals surface area contributed by atoms with Crippen LogP contribution in [0.5, 0.6) is 0 Å². The minimum Gasteiger partial charge on any atom is -0.352 e. The van der Waals surface area contributed by atoms with E-state index in [0.29, 0.717) is 18.2 Å². The van der Waals surface area contributed by atoms with Gasteiger partial charge in [-0.05, 0) is 18.6 Å². The number of urea groups is 1. The molecule has 0 aliphatic carbocycles. The maximum absolute atomic E-state index is 12.6. The highest BCUT2D eigenvalue weighted by Gasteiger charge is 2.31. The van der Waals surface area contributed by atoms with Crippen molar-refractivity contribution in [3.05, 3.63) is 54.0 Å². The Morgan fingerprint density at radius 2 is 2.09 bits per heavy atom. The Kier molecular flexibility index (Phi) is 4.18. The Morgan fingerprint density at radius 1 is 1.30 bits per heavy atom. The summed E-state index contributed by atoms with van der Waals surface area (Å²) in [5.41, 5.74) is 0.974. The van der Waals surface area contributed by atoms with Gasteiger partial charge in [-0.2, -0.15) is 0 Å². The van der Waals surface area contributed by atoms with E-state index in [1.807, 2.05) is 30.3 Å². The summed E-state index contributed by atoms with van der Waals surface area (Å²) in [7, 11) is 0. The molecule has 0 bridgehead atoms. The van der Waals surface area contributed by atoms with Crippen molar-refractivity contribution in [1.29, 1.82) is 0 Å². The van der Waals surface area contributed by atoms with E-state index in [0.717, 1.165) is 5.56 Å². The molecule has 0 radical (unpaired) electrons. The normalized spacial score (nSPS) is 17.5. The van der Waals surface area contributed by atoms with Crippen molar-refractivity contribution in [2.24, 2.45) is 0 Å². The number of hydrogen-bond acceptors (Lipinski definition) is 4. The number of anilines is 1. The molecule has 0 spiro atoms. The zero-order valence-electron chi connectivity index (χ0n) is 12.7. The Bertz CT molecular complexity index is 719. The van der Waals surface area contributed by atoms with E-state index in [2.05, 4.69) is 20.6 Å². The summed E-state index contributed by atoms with van der Waals surface area (Å²) in [4.78, 5) is 34.0. The van der Waals surface area contributed by atoms with Crippen molar-refractivity contribution in [3.8, 4) is 0 Å². The summed E-state index contributed by atoms with van der Waals surface area (Å²) in [6.07, 6.45) is 1.58. The van der Waals surface area contributed by atoms with Crippen LogP contribution in [0.1, 0.15) is 17.4 Å². The maximum atomic E-state index is 12.6. The van der Waals surface area contributed by atoms with Crippen LogP contribution < -0.4 is 10.6 Å². The summed E-state index contributed by atoms with van der Waals surface area (Å²) < 4.78 is 0. The molecule has 3 amide bonds. The molecule has 23 heavy (non-hydrogen) atoms. The molecule has 1 unspecified atom stereocenters. The number of carbonyl (C=O) groups excluding carboxylic acids is 2. The Labute approximate surface area is 133 Å². The van der Waals surface area contributed by atoms with E-state index in [1.54, 1.807) is 19.2 Å². The topological polar surface area (TPSA) is 87.2 Å². The van der Waals surface area contributed by atoms with Crippen LogP contribution in [0, 0.1) is 6.92 Å². The van der Waals surface area contributed by atoms with E-state index >= 15 is 0 Å². The van der Waals surface area contributed by atoms with Gasteiger partial charge in [0.1, 0.15) is 18.2 Å². The number of aryl methyl sites for hydroxylation is 1. The van der Waals surface area contributed by atoms with Crippen LogP contribution >= 0.6 is 0 Å². The maximum Gasteiger partial charge on any atom is 0.324 e. The SMILES string of the molecule is Cc1nccc(NC(=O)N2CC(=O)NCC2c2ccccc2)n1. The molecule has 3 rings (SSSR count). The lowest BCUT2D eigenvalue weighted by Crippen LogP contribution is -2.53. The number of aromatic nitrogens is 2. The second-order valence-corrected chi connectivity index (χ2v) is 5.28. The Balaban J connectivity index is 1.81. The third-order valence-electron chi connectivity index (χ3n) is 3.64. The molecule has 118 valence electrons. The van der Waals surface area contributed by atoms with E-state index in [1.165, 1.54) is 4.90 Å². The standard InChI is InChI=1S/C16H17N5O2/c1-11-17-8-7-14(19-11)20-16(23)21-10-15(22)18-9-13(21)12-5-3-2-4-6-12/h2-8,13H,9-10H2,1H3,(H,18,22)(H,17,19,20,23). The second-order valence-electron chi connectivity index (χ2n) is 5.28. The van der Waals surface area contributed by atoms with Crippen LogP contribution in [0.3, 0.4) is 0 Å². The predicted molar refractivity (Wildman–Crippen MR) is 84.7 cm³/mol. The van der Waals surface area contributed by atoms with Crippen molar-refractivity contribution < 1.29 is 9.59 Å². The van der Waals surface area contributed by atoms with Gasteiger partial charge in [0.25, 0.3) is 0 Å². The third-order valence-corrected chi connectivity index (χ3v) is 3.64. The quantitative estimate of drug-likeness (QED) is 0.879. The first-order valence-corrected chi connectivity index (χ1v) is 7.32. The molecule has 1 aliphatic rings. The molecule has 1 aromatic carbocycles. The molecule has 1 aliphatic heterocycles. The lowest BCUT2D eigenvalue weighted by atomic mass is 10.0. The molecule has 1 fully saturated rings. The number of piperazine rings is 1. The van der Waals surface area contributed by atoms with E-state index in [4.69, 9.17) is 0 Å². The smallest absolute Gasteiger partial charge is 0.324 e. The fourth-order valence-electron chi connectivity index (χ4n) is 2.54. The molecule has 1 saturated heterocycles. The van der Waals surface area contributed by atoms with Crippen LogP contribution in [0.15, 0.2) is 42.6 Å². The second kappa shape index (κ2) is 6.43. The molecule has 1 atom stereocenters. The van der Waals surface area contributed by atoms with Gasteiger partial charge in [0.05, 0.1) is 6.04 Å². The average molecular weight is 311 g/mol. The first kappa shape index (κ1) is 15.0. The van der Waals surface area contributed by atoms with Gasteiger partial charge in [0.2, 0.25) is 5.91 Å². The lowest BCUT2D eigenvalue weighted by Gasteiger charge is -2.35. The monoisotopic (exact) mass is 311 g/mol. The Hall–Kier alpha value is -2.96. The molecular formula is C16H17N5O2. The van der Waals surface area contributed by atoms with Gasteiger partial charge in [-0.3, -0.25) is 10.1 Å². The van der Waals surface area contributed by atoms with Gasteiger partial charge >= 0.3 is 6.03 Å². The predicted octanol–water partition coefficient (Wildman–Crippen LogP) is 1.49. The largest absolute Gasteiger partial charge is 0.352 e. The van der Waals surface area contributed by atoms with Crippen molar-refractivity contribution in [2.75, 3.05) is 18.4 Å². The molecule has 2 heterocycles. The summed E-state index contributed by atoms with van der Waals surface area (Å²) in [5.74, 6) is 0.810. The van der Waals surface area contributed by atoms with Crippen molar-refractivity contribution >= 4 is 17.8 Å². The third kappa shape index (κ3) is 3.45. The number of nitrogens with one attached hydrogen (secondary N) is 2. The van der Waals surface area contributed by atoms with Crippen molar-refractivity contribution in [3.63, 3.8) is 0 Å². The van der Waals surface area contributed by atoms with Crippen LogP contribution in [0.2, 0.25) is 0 Å². The number of rotatable bonds is 2. The summed E-state index contributed by atoms with van der Waals surface area (Å²) in [6.45, 7) is 2.14. The van der Waals surface area contributed by atoms with Crippen LogP contribution in [0.25, 0.3) is 0 Å². The van der Waals surface area contributed by atoms with Crippen LogP contribution in [-0.4, -0.2) is 39.9 Å². The fraction of sp³-hybridized carbons (Fsp3) is 0.250. The highest BCUT2D eigenvalue weighted by molar-refractivity contribution is 5.92. The van der Waals surface area contributed by atoms with E-state index < -0.39 is 0 Å². The summed E-state index contributed by atoms with van der Waals surface area (Å²) in [6, 6.07) is 10.7. The molecule has 2 aromatic rings. The number of nitrogens with zero attached hydrogens (tertiary/aromatic N) is 3. The summed E-state index contributed by atoms with van der Waals surface area (Å²) >= 11 is 0. The summed E-state index contributed by atoms with van der Waals surface area (Å²) in [5, 5.41) is 5.53. The molecule has 7 heteroatoms. The molecule has 1 aromatic heterocycles. The van der Waals surface area contributed by atoms with Crippen LogP contribution in [-0.2, 0) is 4.79 Å². The van der Waals surface area contributed by atoms with Gasteiger partial charge in [0.15, 0.2) is 0 Å². The first-order valence-electron chi connectivity index (χ1n) is 7.32. The highest BCUT2D eigenvalue weighted by atomic mass is 16.2. The van der Waals surface area contributed by atoms with Crippen molar-refractivity contribution in [1.82, 2.24) is 20.2 Å². The number of hydrogen-bond donors (Lipinski definition) is 2. The van der Waals surface area contributed by atoms with Gasteiger partial charge in [0, 0.05) is 12.7 Å². The average Bonchev–Trinajstić information content (AvgIpc) is 2.55. The van der Waals surface area contributed by atoms with Crippen LogP contribution in [0.4, 0.5) is 10.6 Å². The fourth-order valence-corrected chi connectivity index (χ4v) is 2.54. The zero-order valence-corrected chi connectivity index (χ0v) is 12.7. The molecular weight excluding hydrogens is 294 g/mol. The lowest BCUT2D eigenvalue weighted by molar-refractivity contribution is -0.124. The van der Waals surface area contributed by atoms with Gasteiger partial charge in [-0.1, -0.05) is 30.3 Å². The minimum atomic E-state index is -0.355. The molecule has 0 saturated carbocycles. The van der Waals surface area contributed by atoms with Gasteiger partial charge in [-0.15, -0.1) is 0 Å². The van der Waals surface area contributed by atoms with E-state index in [9.17, 15) is 9.59 Å². The zero-order chi connectivity index (χ0) is 16.2. The van der Waals surface area contributed by atoms with Crippen molar-refractivity contribution in [2.45, 2.75) is 13.0 Å². The number of benzene rings is 1. The first-order chi connectivity index (χ1) is 11.1. The minimum absolute atomic E-state index is 0.00938. The number of carbonyl (C=O) groups is 2.